The predicted molar refractivity (Wildman–Crippen MR) is 61.9 cm³/mol. The van der Waals surface area contributed by atoms with E-state index in [-0.39, 0.29) is 5.97 Å². The van der Waals surface area contributed by atoms with Gasteiger partial charge in [-0.1, -0.05) is 13.8 Å². The van der Waals surface area contributed by atoms with Crippen LogP contribution in [0, 0.1) is 5.92 Å². The Morgan fingerprint density at radius 3 is 3.00 bits per heavy atom. The number of carbonyl (C=O) groups excluding carboxylic acids is 1. The van der Waals surface area contributed by atoms with Crippen LogP contribution in [0.4, 0.5) is 0 Å². The molecule has 1 aliphatic rings. The van der Waals surface area contributed by atoms with Crippen LogP contribution >= 0.6 is 0 Å². The van der Waals surface area contributed by atoms with E-state index in [0.717, 1.165) is 19.7 Å². The van der Waals surface area contributed by atoms with Crippen LogP contribution in [-0.2, 0) is 14.3 Å². The van der Waals surface area contributed by atoms with E-state index in [9.17, 15) is 4.79 Å². The second kappa shape index (κ2) is 6.53. The fourth-order valence-electron chi connectivity index (χ4n) is 1.59. The Morgan fingerprint density at radius 2 is 2.38 bits per heavy atom. The fourth-order valence-corrected chi connectivity index (χ4v) is 1.59. The second-order valence-electron chi connectivity index (χ2n) is 4.34. The highest BCUT2D eigenvalue weighted by molar-refractivity contribution is 5.65. The van der Waals surface area contributed by atoms with Gasteiger partial charge in [0.15, 0.2) is 0 Å². The smallest absolute Gasteiger partial charge is 0.302 e. The van der Waals surface area contributed by atoms with E-state index < -0.39 is 0 Å². The van der Waals surface area contributed by atoms with Crippen molar-refractivity contribution in [2.75, 3.05) is 26.3 Å². The molecule has 0 spiro atoms. The molecular formula is C12H21NO3. The standard InChI is InChI=1S/C12H21NO3/c1-10(2)12-9-13(6-8-16-12)5-4-7-15-11(3)14/h4-5,10,12H,6-9H2,1-3H3/b5-4+. The third-order valence-electron chi connectivity index (χ3n) is 2.57. The molecule has 0 aromatic carbocycles. The maximum absolute atomic E-state index is 10.5. The molecule has 0 bridgehead atoms. The highest BCUT2D eigenvalue weighted by Crippen LogP contribution is 2.13. The number of carbonyl (C=O) groups is 1. The van der Waals surface area contributed by atoms with Crippen LogP contribution < -0.4 is 0 Å². The third-order valence-corrected chi connectivity index (χ3v) is 2.57. The summed E-state index contributed by atoms with van der Waals surface area (Å²) in [6, 6.07) is 0. The van der Waals surface area contributed by atoms with Crippen molar-refractivity contribution in [2.24, 2.45) is 5.92 Å². The number of ether oxygens (including phenoxy) is 2. The zero-order valence-electron chi connectivity index (χ0n) is 10.3. The molecule has 1 unspecified atom stereocenters. The van der Waals surface area contributed by atoms with Gasteiger partial charge in [0, 0.05) is 20.0 Å². The molecule has 92 valence electrons. The minimum absolute atomic E-state index is 0.244. The van der Waals surface area contributed by atoms with Gasteiger partial charge in [-0.2, -0.15) is 0 Å². The van der Waals surface area contributed by atoms with Gasteiger partial charge in [-0.25, -0.2) is 0 Å². The van der Waals surface area contributed by atoms with Crippen LogP contribution in [0.5, 0.6) is 0 Å². The average Bonchev–Trinajstić information content (AvgIpc) is 2.24. The SMILES string of the molecule is CC(=O)OC/C=C/N1CCOC(C(C)C)C1. The molecule has 1 saturated heterocycles. The molecule has 1 heterocycles. The number of nitrogens with zero attached hydrogens (tertiary/aromatic N) is 1. The summed E-state index contributed by atoms with van der Waals surface area (Å²) in [5, 5.41) is 0. The third kappa shape index (κ3) is 4.66. The van der Waals surface area contributed by atoms with Gasteiger partial charge >= 0.3 is 5.97 Å². The Morgan fingerprint density at radius 1 is 1.62 bits per heavy atom. The molecule has 4 heteroatoms. The topological polar surface area (TPSA) is 38.8 Å². The maximum Gasteiger partial charge on any atom is 0.302 e. The van der Waals surface area contributed by atoms with Crippen LogP contribution in [-0.4, -0.2) is 43.3 Å². The van der Waals surface area contributed by atoms with Gasteiger partial charge in [-0.15, -0.1) is 0 Å². The lowest BCUT2D eigenvalue weighted by molar-refractivity contribution is -0.139. The number of esters is 1. The van der Waals surface area contributed by atoms with E-state index in [4.69, 9.17) is 9.47 Å². The molecule has 0 N–H and O–H groups in total. The van der Waals surface area contributed by atoms with Crippen molar-refractivity contribution < 1.29 is 14.3 Å². The molecular weight excluding hydrogens is 206 g/mol. The molecule has 0 saturated carbocycles. The Labute approximate surface area is 97.2 Å². The fraction of sp³-hybridized carbons (Fsp3) is 0.750. The summed E-state index contributed by atoms with van der Waals surface area (Å²) in [7, 11) is 0. The van der Waals surface area contributed by atoms with Crippen molar-refractivity contribution >= 4 is 5.97 Å². The predicted octanol–water partition coefficient (Wildman–Crippen LogP) is 1.42. The first kappa shape index (κ1) is 13.0. The molecule has 0 amide bonds. The van der Waals surface area contributed by atoms with Crippen molar-refractivity contribution in [2.45, 2.75) is 26.9 Å². The lowest BCUT2D eigenvalue weighted by atomic mass is 10.1. The number of morpholine rings is 1. The van der Waals surface area contributed by atoms with Crippen LogP contribution in [0.2, 0.25) is 0 Å². The van der Waals surface area contributed by atoms with Gasteiger partial charge in [-0.05, 0) is 18.2 Å². The van der Waals surface area contributed by atoms with Gasteiger partial charge in [0.1, 0.15) is 6.61 Å². The van der Waals surface area contributed by atoms with Gasteiger partial charge in [0.05, 0.1) is 12.7 Å². The molecule has 1 atom stereocenters. The lowest BCUT2D eigenvalue weighted by Gasteiger charge is -2.34. The Kier molecular flexibility index (Phi) is 5.32. The van der Waals surface area contributed by atoms with Crippen LogP contribution in [0.15, 0.2) is 12.3 Å². The van der Waals surface area contributed by atoms with Gasteiger partial charge < -0.3 is 14.4 Å². The van der Waals surface area contributed by atoms with Crippen LogP contribution in [0.25, 0.3) is 0 Å². The van der Waals surface area contributed by atoms with Gasteiger partial charge in [0.25, 0.3) is 0 Å². The summed E-state index contributed by atoms with van der Waals surface area (Å²) in [6.45, 7) is 8.67. The van der Waals surface area contributed by atoms with E-state index in [1.165, 1.54) is 6.92 Å². The van der Waals surface area contributed by atoms with Crippen LogP contribution in [0.3, 0.4) is 0 Å². The average molecular weight is 227 g/mol. The molecule has 0 aliphatic carbocycles. The van der Waals surface area contributed by atoms with Crippen molar-refractivity contribution in [3.05, 3.63) is 12.3 Å². The first-order valence-electron chi connectivity index (χ1n) is 5.75. The first-order chi connectivity index (χ1) is 7.59. The normalized spacial score (nSPS) is 21.8. The van der Waals surface area contributed by atoms with Crippen molar-refractivity contribution in [1.82, 2.24) is 4.90 Å². The first-order valence-corrected chi connectivity index (χ1v) is 5.75. The molecule has 0 aromatic rings. The zero-order valence-corrected chi connectivity index (χ0v) is 10.3. The van der Waals surface area contributed by atoms with Gasteiger partial charge in [0.2, 0.25) is 0 Å². The monoisotopic (exact) mass is 227 g/mol. The minimum Gasteiger partial charge on any atom is -0.462 e. The molecule has 1 rings (SSSR count). The minimum atomic E-state index is -0.244. The number of hydrogen-bond donors (Lipinski definition) is 0. The molecule has 4 nitrogen and oxygen atoms in total. The molecule has 0 aromatic heterocycles. The summed E-state index contributed by atoms with van der Waals surface area (Å²) in [5.74, 6) is 0.288. The van der Waals surface area contributed by atoms with Crippen molar-refractivity contribution in [3.8, 4) is 0 Å². The Bertz CT molecular complexity index is 251. The van der Waals surface area contributed by atoms with Crippen molar-refractivity contribution in [1.29, 1.82) is 0 Å². The summed E-state index contributed by atoms with van der Waals surface area (Å²) in [4.78, 5) is 12.8. The second-order valence-corrected chi connectivity index (χ2v) is 4.34. The number of rotatable bonds is 4. The summed E-state index contributed by atoms with van der Waals surface area (Å²) < 4.78 is 10.5. The highest BCUT2D eigenvalue weighted by atomic mass is 16.5. The molecule has 0 radical (unpaired) electrons. The summed E-state index contributed by atoms with van der Waals surface area (Å²) in [6.07, 6.45) is 4.15. The lowest BCUT2D eigenvalue weighted by Crippen LogP contribution is -2.41. The van der Waals surface area contributed by atoms with E-state index >= 15 is 0 Å². The highest BCUT2D eigenvalue weighted by Gasteiger charge is 2.20. The van der Waals surface area contributed by atoms with E-state index in [1.54, 1.807) is 0 Å². The van der Waals surface area contributed by atoms with E-state index in [0.29, 0.717) is 18.6 Å². The van der Waals surface area contributed by atoms with Crippen molar-refractivity contribution in [3.63, 3.8) is 0 Å². The maximum atomic E-state index is 10.5. The molecule has 1 fully saturated rings. The number of hydrogen-bond acceptors (Lipinski definition) is 4. The van der Waals surface area contributed by atoms with Crippen LogP contribution in [0.1, 0.15) is 20.8 Å². The molecule has 1 aliphatic heterocycles. The van der Waals surface area contributed by atoms with E-state index in [2.05, 4.69) is 18.7 Å². The summed E-state index contributed by atoms with van der Waals surface area (Å²) in [5.41, 5.74) is 0. The Hall–Kier alpha value is -1.03. The summed E-state index contributed by atoms with van der Waals surface area (Å²) >= 11 is 0. The van der Waals surface area contributed by atoms with Gasteiger partial charge in [-0.3, -0.25) is 4.79 Å². The largest absolute Gasteiger partial charge is 0.462 e. The molecule has 16 heavy (non-hydrogen) atoms. The Balaban J connectivity index is 2.28. The van der Waals surface area contributed by atoms with E-state index in [1.807, 2.05) is 12.3 Å². The quantitative estimate of drug-likeness (QED) is 0.681. The zero-order chi connectivity index (χ0) is 12.0.